The molecule has 0 aromatic carbocycles. The van der Waals surface area contributed by atoms with E-state index in [4.69, 9.17) is 0 Å². The number of aromatic nitrogens is 3. The van der Waals surface area contributed by atoms with Crippen molar-refractivity contribution < 1.29 is 5.11 Å². The quantitative estimate of drug-likeness (QED) is 0.634. The van der Waals surface area contributed by atoms with Crippen molar-refractivity contribution in [3.63, 3.8) is 0 Å². The van der Waals surface area contributed by atoms with E-state index in [1.165, 1.54) is 0 Å². The minimum absolute atomic E-state index is 0.203. The van der Waals surface area contributed by atoms with Crippen LogP contribution in [0.4, 0.5) is 0 Å². The molecule has 4 nitrogen and oxygen atoms in total. The molecule has 1 saturated carbocycles. The number of aliphatic hydroxyl groups excluding tert-OH is 1. The van der Waals surface area contributed by atoms with Crippen molar-refractivity contribution in [3.05, 3.63) is 12.7 Å². The fourth-order valence-corrected chi connectivity index (χ4v) is 1.65. The van der Waals surface area contributed by atoms with Crippen LogP contribution < -0.4 is 0 Å². The van der Waals surface area contributed by atoms with Crippen molar-refractivity contribution in [2.24, 2.45) is 0 Å². The first-order chi connectivity index (χ1) is 5.38. The van der Waals surface area contributed by atoms with Crippen LogP contribution in [0, 0.1) is 0 Å². The Morgan fingerprint density at radius 3 is 2.55 bits per heavy atom. The van der Waals surface area contributed by atoms with Crippen LogP contribution >= 0.6 is 0 Å². The summed E-state index contributed by atoms with van der Waals surface area (Å²) in [6.07, 6.45) is 6.18. The average molecular weight is 153 g/mol. The monoisotopic (exact) mass is 153 g/mol. The van der Waals surface area contributed by atoms with Crippen molar-refractivity contribution in [2.75, 3.05) is 0 Å². The van der Waals surface area contributed by atoms with Gasteiger partial charge in [0, 0.05) is 0 Å². The highest BCUT2D eigenvalue weighted by Crippen LogP contribution is 2.29. The first-order valence-corrected chi connectivity index (χ1v) is 3.90. The molecular formula is C7H11N3O. The van der Waals surface area contributed by atoms with Gasteiger partial charge in [-0.3, -0.25) is 0 Å². The molecule has 1 aliphatic rings. The van der Waals surface area contributed by atoms with Gasteiger partial charge in [-0.25, -0.2) is 0 Å². The molecule has 1 heterocycles. The number of rotatable bonds is 1. The van der Waals surface area contributed by atoms with Gasteiger partial charge in [-0.2, -0.15) is 0 Å². The Morgan fingerprint density at radius 2 is 2.00 bits per heavy atom. The van der Waals surface area contributed by atoms with Crippen LogP contribution in [0.15, 0.2) is 12.7 Å². The maximum absolute atomic E-state index is 9.48. The van der Waals surface area contributed by atoms with Crippen molar-refractivity contribution in [1.82, 2.24) is 14.8 Å². The van der Waals surface area contributed by atoms with Gasteiger partial charge in [-0.1, -0.05) is 0 Å². The Bertz CT molecular complexity index is 222. The van der Waals surface area contributed by atoms with E-state index in [2.05, 4.69) is 10.2 Å². The first-order valence-electron chi connectivity index (χ1n) is 3.90. The Balaban J connectivity index is 2.16. The lowest BCUT2D eigenvalue weighted by molar-refractivity contribution is 0.136. The summed E-state index contributed by atoms with van der Waals surface area (Å²) in [5.41, 5.74) is 0. The third-order valence-corrected chi connectivity index (χ3v) is 2.26. The standard InChI is InChI=1S/C7H11N3O/c11-7-3-1-2-6(7)10-4-8-9-5-10/h4-7,11H,1-3H2. The van der Waals surface area contributed by atoms with Gasteiger partial charge in [0.25, 0.3) is 0 Å². The van der Waals surface area contributed by atoms with Gasteiger partial charge in [0.05, 0.1) is 12.1 Å². The van der Waals surface area contributed by atoms with Crippen LogP contribution in [0.3, 0.4) is 0 Å². The molecule has 0 spiro atoms. The smallest absolute Gasteiger partial charge is 0.119 e. The van der Waals surface area contributed by atoms with E-state index in [9.17, 15) is 5.11 Å². The average Bonchev–Trinajstić information content (AvgIpc) is 2.55. The van der Waals surface area contributed by atoms with E-state index in [0.717, 1.165) is 19.3 Å². The summed E-state index contributed by atoms with van der Waals surface area (Å²) in [5, 5.41) is 16.9. The minimum Gasteiger partial charge on any atom is -0.391 e. The second-order valence-corrected chi connectivity index (χ2v) is 2.97. The highest BCUT2D eigenvalue weighted by Gasteiger charge is 2.26. The van der Waals surface area contributed by atoms with Crippen LogP contribution in [-0.2, 0) is 0 Å². The predicted octanol–water partition coefficient (Wildman–Crippen LogP) is 0.364. The second kappa shape index (κ2) is 2.62. The lowest BCUT2D eigenvalue weighted by Crippen LogP contribution is -2.16. The minimum atomic E-state index is -0.203. The van der Waals surface area contributed by atoms with E-state index in [1.54, 1.807) is 12.7 Å². The van der Waals surface area contributed by atoms with Gasteiger partial charge < -0.3 is 9.67 Å². The lowest BCUT2D eigenvalue weighted by atomic mass is 10.2. The van der Waals surface area contributed by atoms with Gasteiger partial charge in [0.15, 0.2) is 0 Å². The normalized spacial score (nSPS) is 31.0. The molecule has 0 aliphatic heterocycles. The molecule has 1 fully saturated rings. The molecule has 2 rings (SSSR count). The summed E-state index contributed by atoms with van der Waals surface area (Å²) in [7, 11) is 0. The van der Waals surface area contributed by atoms with Gasteiger partial charge in [0.2, 0.25) is 0 Å². The molecule has 1 aromatic heterocycles. The summed E-state index contributed by atoms with van der Waals surface area (Å²) in [5.74, 6) is 0. The molecule has 60 valence electrons. The van der Waals surface area contributed by atoms with E-state index in [1.807, 2.05) is 4.57 Å². The van der Waals surface area contributed by atoms with Crippen LogP contribution in [0.25, 0.3) is 0 Å². The van der Waals surface area contributed by atoms with Crippen molar-refractivity contribution in [2.45, 2.75) is 31.4 Å². The van der Waals surface area contributed by atoms with E-state index >= 15 is 0 Å². The molecule has 0 bridgehead atoms. The van der Waals surface area contributed by atoms with E-state index < -0.39 is 0 Å². The predicted molar refractivity (Wildman–Crippen MR) is 38.9 cm³/mol. The third kappa shape index (κ3) is 1.14. The molecule has 0 saturated heterocycles. The third-order valence-electron chi connectivity index (χ3n) is 2.26. The van der Waals surface area contributed by atoms with Crippen molar-refractivity contribution >= 4 is 0 Å². The SMILES string of the molecule is OC1CCCC1n1cnnc1. The molecule has 4 heteroatoms. The van der Waals surface area contributed by atoms with Gasteiger partial charge in [-0.05, 0) is 19.3 Å². The molecular weight excluding hydrogens is 142 g/mol. The van der Waals surface area contributed by atoms with Crippen LogP contribution in [0.1, 0.15) is 25.3 Å². The molecule has 2 atom stereocenters. The fourth-order valence-electron chi connectivity index (χ4n) is 1.65. The summed E-state index contributed by atoms with van der Waals surface area (Å²) in [4.78, 5) is 0. The molecule has 1 N–H and O–H groups in total. The molecule has 11 heavy (non-hydrogen) atoms. The Labute approximate surface area is 64.9 Å². The molecule has 2 unspecified atom stereocenters. The van der Waals surface area contributed by atoms with Gasteiger partial charge in [0.1, 0.15) is 12.7 Å². The molecule has 1 aliphatic carbocycles. The highest BCUT2D eigenvalue weighted by atomic mass is 16.3. The second-order valence-electron chi connectivity index (χ2n) is 2.97. The number of nitrogens with zero attached hydrogens (tertiary/aromatic N) is 3. The molecule has 1 aromatic rings. The van der Waals surface area contributed by atoms with Crippen LogP contribution in [0.5, 0.6) is 0 Å². The summed E-state index contributed by atoms with van der Waals surface area (Å²) >= 11 is 0. The zero-order valence-electron chi connectivity index (χ0n) is 6.22. The summed E-state index contributed by atoms with van der Waals surface area (Å²) in [6, 6.07) is 0.213. The van der Waals surface area contributed by atoms with Crippen LogP contribution in [-0.4, -0.2) is 26.0 Å². The zero-order chi connectivity index (χ0) is 7.68. The van der Waals surface area contributed by atoms with Crippen molar-refractivity contribution in [1.29, 1.82) is 0 Å². The largest absolute Gasteiger partial charge is 0.391 e. The lowest BCUT2D eigenvalue weighted by Gasteiger charge is -2.14. The van der Waals surface area contributed by atoms with E-state index in [-0.39, 0.29) is 12.1 Å². The first kappa shape index (κ1) is 6.79. The zero-order valence-corrected chi connectivity index (χ0v) is 6.22. The summed E-state index contributed by atoms with van der Waals surface area (Å²) < 4.78 is 1.89. The molecule has 0 radical (unpaired) electrons. The number of hydrogen-bond acceptors (Lipinski definition) is 3. The Hall–Kier alpha value is -0.900. The maximum atomic E-state index is 9.48. The topological polar surface area (TPSA) is 50.9 Å². The number of aliphatic hydroxyl groups is 1. The van der Waals surface area contributed by atoms with Crippen molar-refractivity contribution in [3.8, 4) is 0 Å². The fraction of sp³-hybridized carbons (Fsp3) is 0.714. The Kier molecular flexibility index (Phi) is 1.62. The maximum Gasteiger partial charge on any atom is 0.119 e. The Morgan fingerprint density at radius 1 is 1.27 bits per heavy atom. The highest BCUT2D eigenvalue weighted by molar-refractivity contribution is 4.83. The molecule has 0 amide bonds. The van der Waals surface area contributed by atoms with Gasteiger partial charge in [-0.15, -0.1) is 10.2 Å². The van der Waals surface area contributed by atoms with Crippen LogP contribution in [0.2, 0.25) is 0 Å². The summed E-state index contributed by atoms with van der Waals surface area (Å²) in [6.45, 7) is 0. The van der Waals surface area contributed by atoms with E-state index in [0.29, 0.717) is 0 Å². The van der Waals surface area contributed by atoms with Gasteiger partial charge >= 0.3 is 0 Å². The number of hydrogen-bond donors (Lipinski definition) is 1.